The van der Waals surface area contributed by atoms with Crippen LogP contribution in [0.1, 0.15) is 37.7 Å². The highest BCUT2D eigenvalue weighted by Gasteiger charge is 2.45. The Morgan fingerprint density at radius 1 is 1.33 bits per heavy atom. The largest absolute Gasteiger partial charge is 0.375 e. The molecule has 0 bridgehead atoms. The molecule has 0 N–H and O–H groups in total. The highest BCUT2D eigenvalue weighted by Crippen LogP contribution is 2.40. The molecular formula is C18H25N3O3. The van der Waals surface area contributed by atoms with Crippen LogP contribution in [0.25, 0.3) is 0 Å². The molecule has 2 aliphatic heterocycles. The zero-order valence-corrected chi connectivity index (χ0v) is 14.2. The van der Waals surface area contributed by atoms with E-state index in [1.165, 1.54) is 0 Å². The average molecular weight is 331 g/mol. The first kappa shape index (κ1) is 16.9. The Morgan fingerprint density at radius 2 is 2.21 bits per heavy atom. The van der Waals surface area contributed by atoms with Crippen LogP contribution in [0, 0.1) is 0 Å². The molecule has 0 aromatic carbocycles. The topological polar surface area (TPSA) is 62.7 Å². The number of aromatic nitrogens is 1. The van der Waals surface area contributed by atoms with Crippen molar-refractivity contribution in [2.75, 3.05) is 26.8 Å². The monoisotopic (exact) mass is 331 g/mol. The van der Waals surface area contributed by atoms with Crippen molar-refractivity contribution in [1.82, 2.24) is 14.8 Å². The van der Waals surface area contributed by atoms with Crippen LogP contribution in [0.2, 0.25) is 0 Å². The molecular weight excluding hydrogens is 306 g/mol. The van der Waals surface area contributed by atoms with E-state index < -0.39 is 0 Å². The van der Waals surface area contributed by atoms with Gasteiger partial charge in [-0.3, -0.25) is 14.6 Å². The zero-order chi connectivity index (χ0) is 17.0. The van der Waals surface area contributed by atoms with Crippen molar-refractivity contribution in [2.24, 2.45) is 0 Å². The van der Waals surface area contributed by atoms with E-state index in [0.717, 1.165) is 37.8 Å². The number of hydrogen-bond acceptors (Lipinski definition) is 4. The van der Waals surface area contributed by atoms with Crippen molar-refractivity contribution >= 4 is 11.8 Å². The predicted molar refractivity (Wildman–Crippen MR) is 89.1 cm³/mol. The standard InChI is InChI=1S/C18H25N3O3/c1-24-14-17(23)20-10-3-6-18(8-11-20)7-5-16(22)21(18)13-15-4-2-9-19-12-15/h2,4,9,12H,3,5-8,10-11,13-14H2,1H3/t18-/m1/s1. The van der Waals surface area contributed by atoms with Crippen LogP contribution in [0.4, 0.5) is 0 Å². The van der Waals surface area contributed by atoms with Crippen LogP contribution < -0.4 is 0 Å². The maximum atomic E-state index is 12.5. The molecule has 1 spiro atoms. The Bertz CT molecular complexity index is 592. The molecule has 6 heteroatoms. The van der Waals surface area contributed by atoms with Crippen molar-refractivity contribution in [1.29, 1.82) is 0 Å². The Labute approximate surface area is 142 Å². The Kier molecular flexibility index (Phi) is 5.14. The SMILES string of the molecule is COCC(=O)N1CCC[C@@]2(CCC(=O)N2Cc2cccnc2)CC1. The van der Waals surface area contributed by atoms with Gasteiger partial charge in [-0.2, -0.15) is 0 Å². The number of pyridine rings is 1. The van der Waals surface area contributed by atoms with E-state index in [9.17, 15) is 9.59 Å². The van der Waals surface area contributed by atoms with Crippen LogP contribution in [0.3, 0.4) is 0 Å². The molecule has 24 heavy (non-hydrogen) atoms. The quantitative estimate of drug-likeness (QED) is 0.841. The first-order chi connectivity index (χ1) is 11.6. The lowest BCUT2D eigenvalue weighted by Crippen LogP contribution is -2.46. The molecule has 2 fully saturated rings. The Balaban J connectivity index is 1.73. The number of amides is 2. The van der Waals surface area contributed by atoms with E-state index in [1.807, 2.05) is 28.1 Å². The normalized spacial score (nSPS) is 24.5. The van der Waals surface area contributed by atoms with E-state index in [0.29, 0.717) is 19.5 Å². The minimum atomic E-state index is -0.116. The van der Waals surface area contributed by atoms with Crippen molar-refractivity contribution in [2.45, 2.75) is 44.2 Å². The number of hydrogen-bond donors (Lipinski definition) is 0. The number of carbonyl (C=O) groups excluding carboxylic acids is 2. The van der Waals surface area contributed by atoms with Gasteiger partial charge in [-0.05, 0) is 37.3 Å². The molecule has 0 aliphatic carbocycles. The maximum Gasteiger partial charge on any atom is 0.248 e. The van der Waals surface area contributed by atoms with Gasteiger partial charge >= 0.3 is 0 Å². The van der Waals surface area contributed by atoms with Crippen LogP contribution >= 0.6 is 0 Å². The molecule has 6 nitrogen and oxygen atoms in total. The highest BCUT2D eigenvalue weighted by molar-refractivity contribution is 5.80. The summed E-state index contributed by atoms with van der Waals surface area (Å²) in [4.78, 5) is 32.7. The number of methoxy groups -OCH3 is 1. The van der Waals surface area contributed by atoms with Gasteiger partial charge in [0.05, 0.1) is 0 Å². The molecule has 130 valence electrons. The summed E-state index contributed by atoms with van der Waals surface area (Å²) in [5.41, 5.74) is 0.943. The molecule has 3 rings (SSSR count). The van der Waals surface area contributed by atoms with E-state index in [4.69, 9.17) is 4.74 Å². The summed E-state index contributed by atoms with van der Waals surface area (Å²) < 4.78 is 4.97. The maximum absolute atomic E-state index is 12.5. The fraction of sp³-hybridized carbons (Fsp3) is 0.611. The van der Waals surface area contributed by atoms with Crippen LogP contribution in [-0.4, -0.2) is 58.9 Å². The van der Waals surface area contributed by atoms with Gasteiger partial charge < -0.3 is 14.5 Å². The van der Waals surface area contributed by atoms with Crippen LogP contribution in [-0.2, 0) is 20.9 Å². The average Bonchev–Trinajstić information content (AvgIpc) is 2.77. The zero-order valence-electron chi connectivity index (χ0n) is 14.2. The second kappa shape index (κ2) is 7.30. The highest BCUT2D eigenvalue weighted by atomic mass is 16.5. The lowest BCUT2D eigenvalue weighted by molar-refractivity contribution is -0.135. The molecule has 2 saturated heterocycles. The number of ether oxygens (including phenoxy) is 1. The van der Waals surface area contributed by atoms with Gasteiger partial charge in [-0.25, -0.2) is 0 Å². The molecule has 2 aliphatic rings. The van der Waals surface area contributed by atoms with Crippen molar-refractivity contribution in [3.05, 3.63) is 30.1 Å². The molecule has 3 heterocycles. The third-order valence-corrected chi connectivity index (χ3v) is 5.28. The summed E-state index contributed by atoms with van der Waals surface area (Å²) in [5.74, 6) is 0.258. The second-order valence-electron chi connectivity index (χ2n) is 6.73. The van der Waals surface area contributed by atoms with Gasteiger partial charge in [-0.1, -0.05) is 6.07 Å². The van der Waals surface area contributed by atoms with Gasteiger partial charge in [0.25, 0.3) is 0 Å². The molecule has 0 radical (unpaired) electrons. The van der Waals surface area contributed by atoms with Crippen LogP contribution in [0.5, 0.6) is 0 Å². The number of likely N-dealkylation sites (tertiary alicyclic amines) is 2. The van der Waals surface area contributed by atoms with Gasteiger partial charge in [0.15, 0.2) is 0 Å². The molecule has 0 unspecified atom stereocenters. The van der Waals surface area contributed by atoms with E-state index >= 15 is 0 Å². The van der Waals surface area contributed by atoms with Crippen molar-refractivity contribution in [3.8, 4) is 0 Å². The van der Waals surface area contributed by atoms with Gasteiger partial charge in [0, 0.05) is 51.1 Å². The van der Waals surface area contributed by atoms with Gasteiger partial charge in [-0.15, -0.1) is 0 Å². The van der Waals surface area contributed by atoms with Gasteiger partial charge in [0.2, 0.25) is 11.8 Å². The first-order valence-electron chi connectivity index (χ1n) is 8.61. The molecule has 0 saturated carbocycles. The first-order valence-corrected chi connectivity index (χ1v) is 8.61. The lowest BCUT2D eigenvalue weighted by Gasteiger charge is -2.38. The Hall–Kier alpha value is -1.95. The minimum Gasteiger partial charge on any atom is -0.375 e. The van der Waals surface area contributed by atoms with Crippen LogP contribution in [0.15, 0.2) is 24.5 Å². The lowest BCUT2D eigenvalue weighted by atomic mass is 9.87. The van der Waals surface area contributed by atoms with Crippen molar-refractivity contribution in [3.63, 3.8) is 0 Å². The van der Waals surface area contributed by atoms with E-state index in [1.54, 1.807) is 13.3 Å². The third kappa shape index (κ3) is 3.43. The summed E-state index contributed by atoms with van der Waals surface area (Å²) in [6.45, 7) is 2.18. The second-order valence-corrected chi connectivity index (χ2v) is 6.73. The Morgan fingerprint density at radius 3 is 2.96 bits per heavy atom. The number of nitrogens with zero attached hydrogens (tertiary/aromatic N) is 3. The molecule has 1 atom stereocenters. The number of carbonyl (C=O) groups is 2. The van der Waals surface area contributed by atoms with Crippen molar-refractivity contribution < 1.29 is 14.3 Å². The van der Waals surface area contributed by atoms with E-state index in [2.05, 4.69) is 4.98 Å². The summed E-state index contributed by atoms with van der Waals surface area (Å²) >= 11 is 0. The summed E-state index contributed by atoms with van der Waals surface area (Å²) in [5, 5.41) is 0. The molecule has 1 aromatic heterocycles. The molecule has 1 aromatic rings. The smallest absolute Gasteiger partial charge is 0.248 e. The summed E-state index contributed by atoms with van der Waals surface area (Å²) in [6.07, 6.45) is 7.78. The number of rotatable bonds is 4. The summed E-state index contributed by atoms with van der Waals surface area (Å²) in [6, 6.07) is 3.91. The third-order valence-electron chi connectivity index (χ3n) is 5.28. The van der Waals surface area contributed by atoms with E-state index in [-0.39, 0.29) is 24.0 Å². The fourth-order valence-corrected chi connectivity index (χ4v) is 3.97. The minimum absolute atomic E-state index is 0.0395. The summed E-state index contributed by atoms with van der Waals surface area (Å²) in [7, 11) is 1.54. The predicted octanol–water partition coefficient (Wildman–Crippen LogP) is 1.60. The fourth-order valence-electron chi connectivity index (χ4n) is 3.97. The molecule has 2 amide bonds. The van der Waals surface area contributed by atoms with Gasteiger partial charge in [0.1, 0.15) is 6.61 Å².